The van der Waals surface area contributed by atoms with Crippen molar-refractivity contribution < 1.29 is 24.3 Å². The third-order valence-electron chi connectivity index (χ3n) is 3.93. The quantitative estimate of drug-likeness (QED) is 0.240. The lowest BCUT2D eigenvalue weighted by atomic mass is 10.4. The van der Waals surface area contributed by atoms with Crippen molar-refractivity contribution in [2.45, 2.75) is 27.7 Å². The Bertz CT molecular complexity index is 1120. The van der Waals surface area contributed by atoms with Crippen LogP contribution >= 0.6 is 20.8 Å². The van der Waals surface area contributed by atoms with E-state index >= 15 is 0 Å². The highest BCUT2D eigenvalue weighted by Crippen LogP contribution is 2.08. The summed E-state index contributed by atoms with van der Waals surface area (Å²) in [5.41, 5.74) is 4.50. The smallest absolute Gasteiger partial charge is 0.194 e. The summed E-state index contributed by atoms with van der Waals surface area (Å²) in [6.45, 7) is -2.18. The minimum atomic E-state index is -1.39. The molecule has 0 aliphatic carbocycles. The summed E-state index contributed by atoms with van der Waals surface area (Å²) in [5, 5.41) is 11.3. The molecule has 17 heteroatoms. The van der Waals surface area contributed by atoms with Crippen LogP contribution in [0, 0.1) is 10.1 Å². The van der Waals surface area contributed by atoms with E-state index in [-0.39, 0.29) is 14.9 Å². The summed E-state index contributed by atoms with van der Waals surface area (Å²) in [7, 11) is 5.30. The molecule has 3 atom stereocenters. The minimum absolute atomic E-state index is 0. The Morgan fingerprint density at radius 1 is 0.651 bits per heavy atom. The van der Waals surface area contributed by atoms with Crippen LogP contribution in [0.5, 0.6) is 0 Å². The van der Waals surface area contributed by atoms with E-state index in [0.717, 1.165) is 64.7 Å². The predicted molar refractivity (Wildman–Crippen MR) is 200 cm³/mol. The van der Waals surface area contributed by atoms with Crippen molar-refractivity contribution in [1.82, 2.24) is 0 Å². The van der Waals surface area contributed by atoms with Crippen molar-refractivity contribution in [2.75, 3.05) is 27.3 Å². The number of hydrogen-bond acceptors (Lipinski definition) is 10. The Morgan fingerprint density at radius 3 is 1.00 bits per heavy atom. The van der Waals surface area contributed by atoms with Gasteiger partial charge in [-0.3, -0.25) is 10.1 Å². The van der Waals surface area contributed by atoms with Crippen LogP contribution in [0.1, 0.15) is 27.7 Å². The molecule has 4 rings (SSSR count). The van der Waals surface area contributed by atoms with Gasteiger partial charge in [-0.2, -0.15) is 0 Å². The molecule has 8 nitrogen and oxygen atoms in total. The zero-order valence-corrected chi connectivity index (χ0v) is 29.8. The summed E-state index contributed by atoms with van der Waals surface area (Å²) in [5.74, 6) is 0. The summed E-state index contributed by atoms with van der Waals surface area (Å²) in [6.07, 6.45) is 2.56. The van der Waals surface area contributed by atoms with E-state index in [4.69, 9.17) is 14.9 Å². The molecule has 1 fully saturated rings. The zero-order chi connectivity index (χ0) is 31.3. The maximum absolute atomic E-state index is 11.0. The first-order valence-electron chi connectivity index (χ1n) is 11.5. The lowest BCUT2D eigenvalue weighted by molar-refractivity contribution is -0.445. The van der Waals surface area contributed by atoms with Gasteiger partial charge in [-0.15, -0.1) is 0 Å². The summed E-state index contributed by atoms with van der Waals surface area (Å²) in [6, 6.07) is 27.7. The van der Waals surface area contributed by atoms with E-state index in [1.165, 1.54) is 19.9 Å². The molecule has 2 N–H and O–H groups in total. The van der Waals surface area contributed by atoms with E-state index in [0.29, 0.717) is 0 Å². The van der Waals surface area contributed by atoms with Crippen molar-refractivity contribution >= 4 is 98.7 Å². The molecule has 0 spiro atoms. The second-order valence-corrected chi connectivity index (χ2v) is 18.7. The van der Waals surface area contributed by atoms with Crippen LogP contribution in [0.15, 0.2) is 91.0 Å². The van der Waals surface area contributed by atoms with Crippen LogP contribution in [0.3, 0.4) is 0 Å². The molecule has 0 amide bonds. The second-order valence-electron chi connectivity index (χ2n) is 6.76. The first-order chi connectivity index (χ1) is 19.8. The van der Waals surface area contributed by atoms with Gasteiger partial charge in [0.1, 0.15) is 28.5 Å². The second kappa shape index (κ2) is 35.6. The van der Waals surface area contributed by atoms with Gasteiger partial charge in [-0.05, 0) is 56.3 Å². The van der Waals surface area contributed by atoms with Gasteiger partial charge < -0.3 is 25.2 Å². The third kappa shape index (κ3) is 29.5. The molecule has 1 saturated heterocycles. The monoisotopic (exact) mass is 760 g/mol. The van der Waals surface area contributed by atoms with Gasteiger partial charge in [-0.25, -0.2) is 0 Å². The molecule has 1 aliphatic rings. The zero-order valence-electron chi connectivity index (χ0n) is 22.3. The van der Waals surface area contributed by atoms with Crippen LogP contribution in [0.2, 0.25) is 0 Å². The van der Waals surface area contributed by atoms with Crippen LogP contribution < -0.4 is 36.3 Å². The number of ether oxygens (including phenoxy) is 1. The van der Waals surface area contributed by atoms with E-state index in [2.05, 4.69) is 39.3 Å². The molecular weight excluding hydrogens is 722 g/mol. The number of rotatable bonds is 3. The van der Waals surface area contributed by atoms with E-state index in [1.54, 1.807) is 0 Å². The first kappa shape index (κ1) is 49.0. The molecule has 240 valence electrons. The molecule has 1 aliphatic heterocycles. The number of nitro groups is 1. The van der Waals surface area contributed by atoms with E-state index in [9.17, 15) is 14.7 Å². The molecular formula is C26H39N2O6P3S6. The van der Waals surface area contributed by atoms with Crippen molar-refractivity contribution in [3.63, 3.8) is 0 Å². The van der Waals surface area contributed by atoms with Crippen LogP contribution in [0.25, 0.3) is 0 Å². The van der Waals surface area contributed by atoms with Crippen molar-refractivity contribution in [1.29, 1.82) is 0 Å². The highest BCUT2D eigenvalue weighted by molar-refractivity contribution is 8.36. The molecule has 0 radical (unpaired) electrons. The number of hydrogen-bond donors (Lipinski definition) is 1. The highest BCUT2D eigenvalue weighted by Gasteiger charge is 1.99. The van der Waals surface area contributed by atoms with Crippen LogP contribution in [-0.4, -0.2) is 32.2 Å². The van der Waals surface area contributed by atoms with Gasteiger partial charge in [0.2, 0.25) is 0 Å². The summed E-state index contributed by atoms with van der Waals surface area (Å²) >= 11 is 13.8. The Morgan fingerprint density at radius 2 is 0.860 bits per heavy atom. The lowest BCUT2D eigenvalue weighted by Crippen LogP contribution is -2.02. The van der Waals surface area contributed by atoms with E-state index < -0.39 is 25.7 Å². The molecule has 0 bridgehead atoms. The largest absolute Gasteiger partial charge is 0.615 e. The maximum atomic E-state index is 11.0. The van der Waals surface area contributed by atoms with Crippen molar-refractivity contribution in [2.24, 2.45) is 5.73 Å². The van der Waals surface area contributed by atoms with E-state index in [1.807, 2.05) is 91.0 Å². The fourth-order valence-corrected chi connectivity index (χ4v) is 7.99. The molecule has 3 unspecified atom stereocenters. The minimum Gasteiger partial charge on any atom is -0.615 e. The van der Waals surface area contributed by atoms with Gasteiger partial charge in [-0.1, -0.05) is 69.5 Å². The Balaban J connectivity index is -0.000000223. The fourth-order valence-electron chi connectivity index (χ4n) is 2.29. The van der Waals surface area contributed by atoms with Crippen LogP contribution in [-0.2, 0) is 66.8 Å². The van der Waals surface area contributed by atoms with Gasteiger partial charge in [0, 0.05) is 51.7 Å². The first-order valence-corrected chi connectivity index (χ1v) is 22.3. The molecule has 0 saturated carbocycles. The Kier molecular flexibility index (Phi) is 40.5. The fraction of sp³-hybridized carbons (Fsp3) is 0.308. The van der Waals surface area contributed by atoms with Crippen molar-refractivity contribution in [3.8, 4) is 0 Å². The normalized spacial score (nSPS) is 11.0. The average Bonchev–Trinajstić information content (AvgIpc) is 3.63. The molecule has 0 aromatic heterocycles. The predicted octanol–water partition coefficient (Wildman–Crippen LogP) is 3.12. The lowest BCUT2D eigenvalue weighted by Gasteiger charge is -1.89. The molecule has 1 heterocycles. The average molecular weight is 761 g/mol. The van der Waals surface area contributed by atoms with Gasteiger partial charge >= 0.3 is 0 Å². The van der Waals surface area contributed by atoms with Crippen LogP contribution in [0.4, 0.5) is 0 Å². The van der Waals surface area contributed by atoms with Gasteiger partial charge in [0.05, 0.1) is 0 Å². The Labute approximate surface area is 283 Å². The number of nitrogens with zero attached hydrogens (tertiary/aromatic N) is 1. The Hall–Kier alpha value is -0.920. The number of nitrogens with two attached hydrogens (primary N) is 1. The highest BCUT2D eigenvalue weighted by atomic mass is 32.9. The van der Waals surface area contributed by atoms with Gasteiger partial charge in [0.25, 0.3) is 0 Å². The molecule has 3 aromatic rings. The van der Waals surface area contributed by atoms with Gasteiger partial charge in [0.15, 0.2) is 43.7 Å². The topological polar surface area (TPSA) is 148 Å². The molecule has 43 heavy (non-hydrogen) atoms. The number of benzene rings is 3. The third-order valence-corrected chi connectivity index (χ3v) is 13.3. The standard InChI is InChI=1S/3C6H5OPS2.C4H8O.CH3NO2.CH5N.2CH4/c3*7-8(10-9)6-4-2-1-3-5-6;1-2-4-5-3-1;1-2(3)4;1-2;;/h3*1-5H;1-4H2;1H3;2H2,1H3;2*1H4. The van der Waals surface area contributed by atoms with Crippen molar-refractivity contribution in [3.05, 3.63) is 101 Å². The maximum Gasteiger partial charge on any atom is 0.194 e. The summed E-state index contributed by atoms with van der Waals surface area (Å²) in [4.78, 5) is 41.4. The molecule has 3 aromatic carbocycles. The summed E-state index contributed by atoms with van der Waals surface area (Å²) < 4.78 is 4.94. The SMILES string of the molecule is C.C.C1CCOC1.CN.C[N+](=O)[O-].[O-][P+](=S=S)c1ccccc1.[O-][P+](=S=S)c1ccccc1.[O-][P+](=S=S)c1ccccc1.